The number of ether oxygens (including phenoxy) is 1. The minimum Gasteiger partial charge on any atom is -0.465 e. The van der Waals surface area contributed by atoms with E-state index in [0.717, 1.165) is 4.90 Å². The molecule has 0 bridgehead atoms. The van der Waals surface area contributed by atoms with Crippen molar-refractivity contribution in [1.82, 2.24) is 0 Å². The standard InChI is InChI=1S/C16H15NO3S/c1-20-16(19)12-3-7-13(8-4-12)17-15(18)11-5-9-14(21-2)10-6-11/h3-10H,1-2H3,(H,17,18). The van der Waals surface area contributed by atoms with Crippen LogP contribution in [0.4, 0.5) is 5.69 Å². The summed E-state index contributed by atoms with van der Waals surface area (Å²) in [7, 11) is 1.33. The second-order valence-electron chi connectivity index (χ2n) is 4.25. The van der Waals surface area contributed by atoms with Gasteiger partial charge in [0.25, 0.3) is 5.91 Å². The van der Waals surface area contributed by atoms with Crippen LogP contribution in [0.2, 0.25) is 0 Å². The van der Waals surface area contributed by atoms with Crippen LogP contribution in [-0.4, -0.2) is 25.2 Å². The van der Waals surface area contributed by atoms with Gasteiger partial charge in [0.1, 0.15) is 0 Å². The van der Waals surface area contributed by atoms with E-state index in [2.05, 4.69) is 10.1 Å². The van der Waals surface area contributed by atoms with Gasteiger partial charge in [-0.2, -0.15) is 0 Å². The molecule has 0 saturated carbocycles. The van der Waals surface area contributed by atoms with Crippen LogP contribution in [0.15, 0.2) is 53.4 Å². The zero-order chi connectivity index (χ0) is 15.2. The Morgan fingerprint density at radius 1 is 0.952 bits per heavy atom. The number of rotatable bonds is 4. The average molecular weight is 301 g/mol. The van der Waals surface area contributed by atoms with Crippen molar-refractivity contribution in [2.45, 2.75) is 4.90 Å². The molecule has 0 atom stereocenters. The van der Waals surface area contributed by atoms with Crippen molar-refractivity contribution >= 4 is 29.3 Å². The van der Waals surface area contributed by atoms with Crippen LogP contribution < -0.4 is 5.32 Å². The number of hydrogen-bond donors (Lipinski definition) is 1. The molecule has 0 unspecified atom stereocenters. The van der Waals surface area contributed by atoms with Gasteiger partial charge in [-0.1, -0.05) is 0 Å². The molecule has 2 aromatic carbocycles. The zero-order valence-electron chi connectivity index (χ0n) is 11.8. The fraction of sp³-hybridized carbons (Fsp3) is 0.125. The highest BCUT2D eigenvalue weighted by Gasteiger charge is 2.08. The Morgan fingerprint density at radius 2 is 1.52 bits per heavy atom. The molecular weight excluding hydrogens is 286 g/mol. The molecule has 2 rings (SSSR count). The summed E-state index contributed by atoms with van der Waals surface area (Å²) in [5, 5.41) is 2.78. The summed E-state index contributed by atoms with van der Waals surface area (Å²) in [5.41, 5.74) is 1.66. The van der Waals surface area contributed by atoms with Crippen molar-refractivity contribution < 1.29 is 14.3 Å². The maximum absolute atomic E-state index is 12.1. The summed E-state index contributed by atoms with van der Waals surface area (Å²) in [6.07, 6.45) is 1.98. The molecule has 0 spiro atoms. The molecule has 21 heavy (non-hydrogen) atoms. The molecule has 4 nitrogen and oxygen atoms in total. The van der Waals surface area contributed by atoms with E-state index in [1.807, 2.05) is 18.4 Å². The minimum absolute atomic E-state index is 0.187. The number of hydrogen-bond acceptors (Lipinski definition) is 4. The van der Waals surface area contributed by atoms with Gasteiger partial charge >= 0.3 is 5.97 Å². The van der Waals surface area contributed by atoms with Gasteiger partial charge in [-0.15, -0.1) is 11.8 Å². The Bertz CT molecular complexity index is 636. The molecule has 0 heterocycles. The third kappa shape index (κ3) is 3.86. The highest BCUT2D eigenvalue weighted by atomic mass is 32.2. The van der Waals surface area contributed by atoms with Crippen LogP contribution in [0.25, 0.3) is 0 Å². The molecular formula is C16H15NO3S. The first-order valence-electron chi connectivity index (χ1n) is 6.28. The normalized spacial score (nSPS) is 10.0. The average Bonchev–Trinajstić information content (AvgIpc) is 2.55. The molecule has 0 aliphatic heterocycles. The van der Waals surface area contributed by atoms with Crippen LogP contribution in [0.1, 0.15) is 20.7 Å². The number of nitrogens with one attached hydrogen (secondary N) is 1. The van der Waals surface area contributed by atoms with Gasteiger partial charge in [-0.25, -0.2) is 4.79 Å². The van der Waals surface area contributed by atoms with Gasteiger partial charge in [-0.05, 0) is 54.8 Å². The third-order valence-electron chi connectivity index (χ3n) is 2.92. The summed E-state index contributed by atoms with van der Waals surface area (Å²) in [6.45, 7) is 0. The fourth-order valence-electron chi connectivity index (χ4n) is 1.75. The number of benzene rings is 2. The molecule has 2 aromatic rings. The molecule has 1 N–H and O–H groups in total. The lowest BCUT2D eigenvalue weighted by atomic mass is 10.2. The lowest BCUT2D eigenvalue weighted by Gasteiger charge is -2.06. The minimum atomic E-state index is -0.402. The number of esters is 1. The molecule has 108 valence electrons. The molecule has 0 saturated heterocycles. The van der Waals surface area contributed by atoms with Crippen molar-refractivity contribution in [1.29, 1.82) is 0 Å². The molecule has 5 heteroatoms. The summed E-state index contributed by atoms with van der Waals surface area (Å²) < 4.78 is 4.62. The lowest BCUT2D eigenvalue weighted by molar-refractivity contribution is 0.0600. The number of carbonyl (C=O) groups excluding carboxylic acids is 2. The Kier molecular flexibility index (Phi) is 5.00. The summed E-state index contributed by atoms with van der Waals surface area (Å²) in [6, 6.07) is 13.9. The van der Waals surface area contributed by atoms with Crippen LogP contribution >= 0.6 is 11.8 Å². The van der Waals surface area contributed by atoms with Crippen LogP contribution in [0.3, 0.4) is 0 Å². The van der Waals surface area contributed by atoms with Crippen molar-refractivity contribution in [2.24, 2.45) is 0 Å². The van der Waals surface area contributed by atoms with Crippen LogP contribution in [0, 0.1) is 0 Å². The van der Waals surface area contributed by atoms with Crippen molar-refractivity contribution in [3.05, 3.63) is 59.7 Å². The summed E-state index contributed by atoms with van der Waals surface area (Å²) in [4.78, 5) is 24.5. The predicted molar refractivity (Wildman–Crippen MR) is 84.0 cm³/mol. The number of amides is 1. The van der Waals surface area contributed by atoms with E-state index in [9.17, 15) is 9.59 Å². The van der Waals surface area contributed by atoms with E-state index in [0.29, 0.717) is 16.8 Å². The van der Waals surface area contributed by atoms with E-state index >= 15 is 0 Å². The SMILES string of the molecule is COC(=O)c1ccc(NC(=O)c2ccc(SC)cc2)cc1. The Labute approximate surface area is 127 Å². The van der Waals surface area contributed by atoms with E-state index in [-0.39, 0.29) is 5.91 Å². The predicted octanol–water partition coefficient (Wildman–Crippen LogP) is 3.45. The Balaban J connectivity index is 2.06. The van der Waals surface area contributed by atoms with E-state index < -0.39 is 5.97 Å². The molecule has 1 amide bonds. The first-order valence-corrected chi connectivity index (χ1v) is 7.50. The largest absolute Gasteiger partial charge is 0.465 e. The maximum atomic E-state index is 12.1. The maximum Gasteiger partial charge on any atom is 0.337 e. The molecule has 0 radical (unpaired) electrons. The van der Waals surface area contributed by atoms with Crippen LogP contribution in [-0.2, 0) is 4.74 Å². The van der Waals surface area contributed by atoms with Gasteiger partial charge in [0.05, 0.1) is 12.7 Å². The molecule has 0 aliphatic rings. The van der Waals surface area contributed by atoms with Crippen LogP contribution in [0.5, 0.6) is 0 Å². The second kappa shape index (κ2) is 6.95. The topological polar surface area (TPSA) is 55.4 Å². The monoisotopic (exact) mass is 301 g/mol. The quantitative estimate of drug-likeness (QED) is 0.694. The summed E-state index contributed by atoms with van der Waals surface area (Å²) in [5.74, 6) is -0.589. The van der Waals surface area contributed by atoms with Gasteiger partial charge in [0, 0.05) is 16.1 Å². The second-order valence-corrected chi connectivity index (χ2v) is 5.13. The van der Waals surface area contributed by atoms with Gasteiger partial charge in [0.2, 0.25) is 0 Å². The van der Waals surface area contributed by atoms with Gasteiger partial charge in [0.15, 0.2) is 0 Å². The smallest absolute Gasteiger partial charge is 0.337 e. The number of thioether (sulfide) groups is 1. The van der Waals surface area contributed by atoms with Crippen molar-refractivity contribution in [3.63, 3.8) is 0 Å². The molecule has 0 fully saturated rings. The first kappa shape index (κ1) is 15.1. The number of anilines is 1. The van der Waals surface area contributed by atoms with Crippen molar-refractivity contribution in [3.8, 4) is 0 Å². The first-order chi connectivity index (χ1) is 10.1. The van der Waals surface area contributed by atoms with E-state index in [4.69, 9.17) is 0 Å². The number of carbonyl (C=O) groups is 2. The summed E-state index contributed by atoms with van der Waals surface area (Å²) >= 11 is 1.62. The molecule has 0 aliphatic carbocycles. The highest BCUT2D eigenvalue weighted by Crippen LogP contribution is 2.16. The van der Waals surface area contributed by atoms with Crippen molar-refractivity contribution in [2.75, 3.05) is 18.7 Å². The lowest BCUT2D eigenvalue weighted by Crippen LogP contribution is -2.12. The van der Waals surface area contributed by atoms with E-state index in [1.54, 1.807) is 48.2 Å². The van der Waals surface area contributed by atoms with Gasteiger partial charge in [-0.3, -0.25) is 4.79 Å². The number of methoxy groups -OCH3 is 1. The van der Waals surface area contributed by atoms with Gasteiger partial charge < -0.3 is 10.1 Å². The zero-order valence-corrected chi connectivity index (χ0v) is 12.6. The Hall–Kier alpha value is -2.27. The fourth-order valence-corrected chi connectivity index (χ4v) is 2.16. The van der Waals surface area contributed by atoms with E-state index in [1.165, 1.54) is 7.11 Å². The molecule has 0 aromatic heterocycles. The third-order valence-corrected chi connectivity index (χ3v) is 3.66. The highest BCUT2D eigenvalue weighted by molar-refractivity contribution is 7.98. The Morgan fingerprint density at radius 3 is 2.05 bits per heavy atom.